The summed E-state index contributed by atoms with van der Waals surface area (Å²) in [6.07, 6.45) is 0.977. The minimum atomic E-state index is 0.766. The molecule has 0 bridgehead atoms. The summed E-state index contributed by atoms with van der Waals surface area (Å²) in [7, 11) is 1.66. The van der Waals surface area contributed by atoms with Gasteiger partial charge in [0.05, 0.1) is 13.7 Å². The van der Waals surface area contributed by atoms with Crippen LogP contribution >= 0.6 is 15.9 Å². The van der Waals surface area contributed by atoms with E-state index in [0.717, 1.165) is 29.0 Å². The molecule has 0 aromatic heterocycles. The maximum atomic E-state index is 5.43. The summed E-state index contributed by atoms with van der Waals surface area (Å²) in [5, 5.41) is 0. The Morgan fingerprint density at radius 2 is 2.33 bits per heavy atom. The van der Waals surface area contributed by atoms with Gasteiger partial charge in [0.15, 0.2) is 11.5 Å². The van der Waals surface area contributed by atoms with Gasteiger partial charge in [-0.15, -0.1) is 0 Å². The number of methoxy groups -OCH3 is 1. The van der Waals surface area contributed by atoms with Crippen LogP contribution in [-0.2, 0) is 6.42 Å². The second-order valence-electron chi connectivity index (χ2n) is 2.69. The monoisotopic (exact) mass is 228 g/mol. The fourth-order valence-electron chi connectivity index (χ4n) is 1.39. The Bertz CT molecular complexity index is 310. The van der Waals surface area contributed by atoms with Gasteiger partial charge in [0.2, 0.25) is 0 Å². The molecule has 12 heavy (non-hydrogen) atoms. The molecule has 64 valence electrons. The predicted octanol–water partition coefficient (Wildman–Crippen LogP) is 2.39. The molecule has 1 aromatic carbocycles. The summed E-state index contributed by atoms with van der Waals surface area (Å²) in [6.45, 7) is 0.766. The van der Waals surface area contributed by atoms with Crippen LogP contribution in [0.15, 0.2) is 16.6 Å². The van der Waals surface area contributed by atoms with E-state index >= 15 is 0 Å². The lowest BCUT2D eigenvalue weighted by atomic mass is 10.1. The van der Waals surface area contributed by atoms with Crippen LogP contribution in [0, 0.1) is 0 Å². The number of halogens is 1. The van der Waals surface area contributed by atoms with Crippen LogP contribution in [0.25, 0.3) is 0 Å². The van der Waals surface area contributed by atoms with Crippen LogP contribution in [0.4, 0.5) is 0 Å². The lowest BCUT2D eigenvalue weighted by Gasteiger charge is -2.06. The van der Waals surface area contributed by atoms with Gasteiger partial charge in [-0.3, -0.25) is 0 Å². The van der Waals surface area contributed by atoms with E-state index in [2.05, 4.69) is 22.0 Å². The Kier molecular flexibility index (Phi) is 1.97. The third kappa shape index (κ3) is 1.18. The smallest absolute Gasteiger partial charge is 0.164 e. The highest BCUT2D eigenvalue weighted by Crippen LogP contribution is 2.37. The van der Waals surface area contributed by atoms with E-state index in [4.69, 9.17) is 9.47 Å². The molecule has 0 amide bonds. The van der Waals surface area contributed by atoms with Crippen LogP contribution in [0.3, 0.4) is 0 Å². The normalized spacial score (nSPS) is 13.8. The van der Waals surface area contributed by atoms with Crippen molar-refractivity contribution in [1.82, 2.24) is 0 Å². The molecule has 1 aliphatic rings. The van der Waals surface area contributed by atoms with Crippen molar-refractivity contribution in [3.63, 3.8) is 0 Å². The molecule has 1 aliphatic heterocycles. The van der Waals surface area contributed by atoms with E-state index in [1.165, 1.54) is 5.56 Å². The van der Waals surface area contributed by atoms with Gasteiger partial charge in [-0.25, -0.2) is 0 Å². The number of rotatable bonds is 1. The zero-order chi connectivity index (χ0) is 8.55. The van der Waals surface area contributed by atoms with Gasteiger partial charge in [0.1, 0.15) is 0 Å². The number of hydrogen-bond acceptors (Lipinski definition) is 2. The van der Waals surface area contributed by atoms with Gasteiger partial charge < -0.3 is 9.47 Å². The molecule has 0 fully saturated rings. The van der Waals surface area contributed by atoms with Crippen LogP contribution in [0.2, 0.25) is 0 Å². The number of ether oxygens (including phenoxy) is 2. The molecule has 3 heteroatoms. The quantitative estimate of drug-likeness (QED) is 0.736. The molecule has 1 heterocycles. The van der Waals surface area contributed by atoms with Crippen molar-refractivity contribution < 1.29 is 9.47 Å². The van der Waals surface area contributed by atoms with E-state index in [9.17, 15) is 0 Å². The first-order chi connectivity index (χ1) is 5.81. The second-order valence-corrected chi connectivity index (χ2v) is 3.61. The van der Waals surface area contributed by atoms with Crippen LogP contribution in [0.5, 0.6) is 11.5 Å². The van der Waals surface area contributed by atoms with Crippen LogP contribution in [-0.4, -0.2) is 13.7 Å². The standard InChI is InChI=1S/C9H9BrO2/c1-11-8-5-7(10)4-6-2-3-12-9(6)8/h4-5H,2-3H2,1H3. The summed E-state index contributed by atoms with van der Waals surface area (Å²) >= 11 is 3.42. The summed E-state index contributed by atoms with van der Waals surface area (Å²) in [5.41, 5.74) is 1.22. The van der Waals surface area contributed by atoms with Crippen molar-refractivity contribution in [2.24, 2.45) is 0 Å². The third-order valence-corrected chi connectivity index (χ3v) is 2.39. The van der Waals surface area contributed by atoms with Gasteiger partial charge in [0.25, 0.3) is 0 Å². The van der Waals surface area contributed by atoms with Gasteiger partial charge in [-0.05, 0) is 12.1 Å². The molecule has 0 N–H and O–H groups in total. The highest BCUT2D eigenvalue weighted by atomic mass is 79.9. The first-order valence-corrected chi connectivity index (χ1v) is 4.60. The van der Waals surface area contributed by atoms with Crippen molar-refractivity contribution in [1.29, 1.82) is 0 Å². The maximum Gasteiger partial charge on any atom is 0.164 e. The topological polar surface area (TPSA) is 18.5 Å². The van der Waals surface area contributed by atoms with Crippen molar-refractivity contribution in [2.75, 3.05) is 13.7 Å². The molecule has 0 atom stereocenters. The summed E-state index contributed by atoms with van der Waals surface area (Å²) < 4.78 is 11.7. The first-order valence-electron chi connectivity index (χ1n) is 3.80. The van der Waals surface area contributed by atoms with Crippen LogP contribution in [0.1, 0.15) is 5.56 Å². The van der Waals surface area contributed by atoms with E-state index in [-0.39, 0.29) is 0 Å². The molecule has 1 aromatic rings. The van der Waals surface area contributed by atoms with Crippen molar-refractivity contribution in [3.05, 3.63) is 22.2 Å². The molecule has 2 rings (SSSR count). The zero-order valence-corrected chi connectivity index (χ0v) is 8.35. The lowest BCUT2D eigenvalue weighted by Crippen LogP contribution is -1.89. The SMILES string of the molecule is COc1cc(Br)cc2c1OCC2. The van der Waals surface area contributed by atoms with E-state index in [0.29, 0.717) is 0 Å². The Hall–Kier alpha value is -0.700. The number of hydrogen-bond donors (Lipinski definition) is 0. The maximum absolute atomic E-state index is 5.43. The molecular formula is C9H9BrO2. The number of benzene rings is 1. The second kappa shape index (κ2) is 2.98. The minimum absolute atomic E-state index is 0.766. The lowest BCUT2D eigenvalue weighted by molar-refractivity contribution is 0.326. The third-order valence-electron chi connectivity index (χ3n) is 1.93. The highest BCUT2D eigenvalue weighted by molar-refractivity contribution is 9.10. The van der Waals surface area contributed by atoms with E-state index < -0.39 is 0 Å². The fourth-order valence-corrected chi connectivity index (χ4v) is 1.87. The summed E-state index contributed by atoms with van der Waals surface area (Å²) in [5.74, 6) is 1.72. The van der Waals surface area contributed by atoms with Gasteiger partial charge in [-0.2, -0.15) is 0 Å². The van der Waals surface area contributed by atoms with Crippen molar-refractivity contribution >= 4 is 15.9 Å². The van der Waals surface area contributed by atoms with Crippen LogP contribution < -0.4 is 9.47 Å². The predicted molar refractivity (Wildman–Crippen MR) is 49.9 cm³/mol. The molecule has 0 aliphatic carbocycles. The molecule has 0 unspecified atom stereocenters. The highest BCUT2D eigenvalue weighted by Gasteiger charge is 2.17. The largest absolute Gasteiger partial charge is 0.493 e. The number of fused-ring (bicyclic) bond motifs is 1. The fraction of sp³-hybridized carbons (Fsp3) is 0.333. The molecule has 0 saturated carbocycles. The minimum Gasteiger partial charge on any atom is -0.493 e. The molecule has 0 radical (unpaired) electrons. The Morgan fingerprint density at radius 1 is 1.50 bits per heavy atom. The Morgan fingerprint density at radius 3 is 3.08 bits per heavy atom. The molecular weight excluding hydrogens is 220 g/mol. The van der Waals surface area contributed by atoms with Crippen molar-refractivity contribution in [2.45, 2.75) is 6.42 Å². The van der Waals surface area contributed by atoms with E-state index in [1.807, 2.05) is 6.07 Å². The first kappa shape index (κ1) is 7.92. The van der Waals surface area contributed by atoms with Crippen molar-refractivity contribution in [3.8, 4) is 11.5 Å². The van der Waals surface area contributed by atoms with E-state index in [1.54, 1.807) is 7.11 Å². The summed E-state index contributed by atoms with van der Waals surface area (Å²) in [6, 6.07) is 4.00. The Labute approximate surface area is 79.6 Å². The Balaban J connectivity index is 2.55. The average Bonchev–Trinajstić information content (AvgIpc) is 2.50. The van der Waals surface area contributed by atoms with Gasteiger partial charge in [0, 0.05) is 16.5 Å². The molecule has 0 saturated heterocycles. The summed E-state index contributed by atoms with van der Waals surface area (Å²) in [4.78, 5) is 0. The zero-order valence-electron chi connectivity index (χ0n) is 6.76. The molecule has 2 nitrogen and oxygen atoms in total. The molecule has 0 spiro atoms. The average molecular weight is 229 g/mol. The van der Waals surface area contributed by atoms with Gasteiger partial charge >= 0.3 is 0 Å². The van der Waals surface area contributed by atoms with Gasteiger partial charge in [-0.1, -0.05) is 15.9 Å².